The van der Waals surface area contributed by atoms with Gasteiger partial charge in [-0.15, -0.1) is 0 Å². The monoisotopic (exact) mass is 552 g/mol. The second-order valence-corrected chi connectivity index (χ2v) is 9.02. The van der Waals surface area contributed by atoms with Crippen molar-refractivity contribution >= 4 is 29.3 Å². The van der Waals surface area contributed by atoms with Crippen LogP contribution in [-0.4, -0.2) is 33.1 Å². The quantitative estimate of drug-likeness (QED) is 0.206. The van der Waals surface area contributed by atoms with Gasteiger partial charge in [-0.05, 0) is 54.0 Å². The molecule has 0 fully saturated rings. The average molecular weight is 553 g/mol. The number of amides is 2. The van der Waals surface area contributed by atoms with Crippen LogP contribution in [0, 0.1) is 6.92 Å². The van der Waals surface area contributed by atoms with Crippen LogP contribution in [0.15, 0.2) is 91.0 Å². The number of carbonyl (C=O) groups is 2. The molecule has 2 N–H and O–H groups in total. The maximum atomic E-state index is 12.8. The molecular formula is C33H32N2O6. The smallest absolute Gasteiger partial charge is 0.255 e. The zero-order valence-electron chi connectivity index (χ0n) is 23.4. The molecule has 210 valence electrons. The molecule has 4 rings (SSSR count). The van der Waals surface area contributed by atoms with Gasteiger partial charge in [0.1, 0.15) is 18.1 Å². The highest BCUT2D eigenvalue weighted by molar-refractivity contribution is 6.06. The maximum Gasteiger partial charge on any atom is 0.255 e. The topological polar surface area (TPSA) is 95.1 Å². The fraction of sp³-hybridized carbons (Fsp3) is 0.152. The summed E-state index contributed by atoms with van der Waals surface area (Å²) < 4.78 is 22.4. The van der Waals surface area contributed by atoms with Crippen molar-refractivity contribution in [3.8, 4) is 23.0 Å². The minimum atomic E-state index is -0.384. The second-order valence-electron chi connectivity index (χ2n) is 9.02. The van der Waals surface area contributed by atoms with Gasteiger partial charge in [0.15, 0.2) is 11.5 Å². The van der Waals surface area contributed by atoms with E-state index in [-0.39, 0.29) is 11.8 Å². The van der Waals surface area contributed by atoms with Crippen LogP contribution in [0.25, 0.3) is 6.08 Å². The highest BCUT2D eigenvalue weighted by Gasteiger charge is 2.16. The summed E-state index contributed by atoms with van der Waals surface area (Å²) in [6.45, 7) is 2.46. The van der Waals surface area contributed by atoms with Gasteiger partial charge in [0.05, 0.1) is 32.7 Å². The summed E-state index contributed by atoms with van der Waals surface area (Å²) in [5.74, 6) is 1.19. The van der Waals surface area contributed by atoms with Crippen molar-refractivity contribution in [1.82, 2.24) is 0 Å². The van der Waals surface area contributed by atoms with E-state index in [1.165, 1.54) is 20.3 Å². The number of rotatable bonds is 11. The Morgan fingerprint density at radius 1 is 0.707 bits per heavy atom. The zero-order chi connectivity index (χ0) is 29.2. The number of benzene rings is 4. The summed E-state index contributed by atoms with van der Waals surface area (Å²) in [4.78, 5) is 25.4. The lowest BCUT2D eigenvalue weighted by Gasteiger charge is -2.16. The van der Waals surface area contributed by atoms with Crippen LogP contribution in [0.3, 0.4) is 0 Å². The predicted molar refractivity (Wildman–Crippen MR) is 160 cm³/mol. The molecule has 4 aromatic carbocycles. The Morgan fingerprint density at radius 2 is 1.34 bits per heavy atom. The van der Waals surface area contributed by atoms with Crippen LogP contribution in [0.1, 0.15) is 27.0 Å². The second kappa shape index (κ2) is 13.7. The molecule has 0 saturated heterocycles. The summed E-state index contributed by atoms with van der Waals surface area (Å²) in [6.07, 6.45) is 3.07. The maximum absolute atomic E-state index is 12.8. The highest BCUT2D eigenvalue weighted by atomic mass is 16.5. The predicted octanol–water partition coefficient (Wildman–Crippen LogP) is 6.50. The van der Waals surface area contributed by atoms with Gasteiger partial charge in [0.25, 0.3) is 5.91 Å². The zero-order valence-corrected chi connectivity index (χ0v) is 23.4. The van der Waals surface area contributed by atoms with E-state index in [0.717, 1.165) is 16.7 Å². The number of hydrogen-bond donors (Lipinski definition) is 2. The molecule has 0 saturated carbocycles. The van der Waals surface area contributed by atoms with Gasteiger partial charge in [-0.2, -0.15) is 0 Å². The van der Waals surface area contributed by atoms with Crippen LogP contribution in [-0.2, 0) is 11.4 Å². The van der Waals surface area contributed by atoms with Crippen LogP contribution in [0.5, 0.6) is 23.0 Å². The Kier molecular flexibility index (Phi) is 9.62. The van der Waals surface area contributed by atoms with Crippen molar-refractivity contribution in [2.45, 2.75) is 13.5 Å². The summed E-state index contributed by atoms with van der Waals surface area (Å²) in [6, 6.07) is 25.5. The van der Waals surface area contributed by atoms with Crippen molar-refractivity contribution in [3.63, 3.8) is 0 Å². The Bertz CT molecular complexity index is 1550. The van der Waals surface area contributed by atoms with Crippen LogP contribution in [0.2, 0.25) is 0 Å². The first-order chi connectivity index (χ1) is 19.9. The Balaban J connectivity index is 1.44. The molecule has 0 unspecified atom stereocenters. The molecule has 8 heteroatoms. The number of ether oxygens (including phenoxy) is 4. The van der Waals surface area contributed by atoms with E-state index < -0.39 is 0 Å². The molecule has 0 spiro atoms. The molecule has 0 aromatic heterocycles. The van der Waals surface area contributed by atoms with E-state index >= 15 is 0 Å². The first-order valence-electron chi connectivity index (χ1n) is 12.9. The Labute approximate surface area is 239 Å². The molecule has 0 bridgehead atoms. The lowest BCUT2D eigenvalue weighted by Crippen LogP contribution is -2.14. The number of carbonyl (C=O) groups excluding carboxylic acids is 2. The Morgan fingerprint density at radius 3 is 2.00 bits per heavy atom. The number of methoxy groups -OCH3 is 3. The van der Waals surface area contributed by atoms with E-state index in [1.54, 1.807) is 55.7 Å². The molecule has 0 aliphatic carbocycles. The minimum absolute atomic E-state index is 0.298. The van der Waals surface area contributed by atoms with Crippen molar-refractivity contribution < 1.29 is 28.5 Å². The van der Waals surface area contributed by atoms with Crippen LogP contribution in [0.4, 0.5) is 11.4 Å². The molecule has 2 amide bonds. The molecule has 0 atom stereocenters. The highest BCUT2D eigenvalue weighted by Crippen LogP contribution is 2.37. The van der Waals surface area contributed by atoms with Gasteiger partial charge in [-0.3, -0.25) is 9.59 Å². The summed E-state index contributed by atoms with van der Waals surface area (Å²) in [5, 5.41) is 5.63. The molecular weight excluding hydrogens is 520 g/mol. The number of aryl methyl sites for hydroxylation is 1. The van der Waals surface area contributed by atoms with Crippen LogP contribution < -0.4 is 29.6 Å². The molecule has 0 heterocycles. The molecule has 0 aliphatic rings. The van der Waals surface area contributed by atoms with E-state index in [4.69, 9.17) is 18.9 Å². The van der Waals surface area contributed by atoms with Crippen molar-refractivity contribution in [1.29, 1.82) is 0 Å². The van der Waals surface area contributed by atoms with E-state index in [1.807, 2.05) is 49.4 Å². The fourth-order valence-corrected chi connectivity index (χ4v) is 4.06. The SMILES string of the molecule is COc1cc(NC(=O)c2ccccc2)c(OC)cc1NC(=O)/C=C/c1ccc(OCc2ccccc2C)c(OC)c1. The first kappa shape index (κ1) is 28.8. The van der Waals surface area contributed by atoms with Gasteiger partial charge in [0, 0.05) is 23.8 Å². The minimum Gasteiger partial charge on any atom is -0.494 e. The number of anilines is 2. The number of nitrogens with one attached hydrogen (secondary N) is 2. The van der Waals surface area contributed by atoms with Crippen LogP contribution >= 0.6 is 0 Å². The lowest BCUT2D eigenvalue weighted by atomic mass is 10.1. The molecule has 4 aromatic rings. The summed E-state index contributed by atoms with van der Waals surface area (Å²) in [5.41, 5.74) is 4.28. The summed E-state index contributed by atoms with van der Waals surface area (Å²) >= 11 is 0. The fourth-order valence-electron chi connectivity index (χ4n) is 4.06. The van der Waals surface area contributed by atoms with Gasteiger partial charge in [-0.25, -0.2) is 0 Å². The lowest BCUT2D eigenvalue weighted by molar-refractivity contribution is -0.111. The normalized spacial score (nSPS) is 10.6. The third-order valence-electron chi connectivity index (χ3n) is 6.32. The van der Waals surface area contributed by atoms with E-state index in [9.17, 15) is 9.59 Å². The van der Waals surface area contributed by atoms with Crippen molar-refractivity contribution in [3.05, 3.63) is 113 Å². The molecule has 0 radical (unpaired) electrons. The van der Waals surface area contributed by atoms with E-state index in [2.05, 4.69) is 10.6 Å². The van der Waals surface area contributed by atoms with Gasteiger partial charge >= 0.3 is 0 Å². The molecule has 8 nitrogen and oxygen atoms in total. The third kappa shape index (κ3) is 7.45. The average Bonchev–Trinajstić information content (AvgIpc) is 3.00. The molecule has 41 heavy (non-hydrogen) atoms. The van der Waals surface area contributed by atoms with Gasteiger partial charge < -0.3 is 29.6 Å². The van der Waals surface area contributed by atoms with Crippen molar-refractivity contribution in [2.75, 3.05) is 32.0 Å². The third-order valence-corrected chi connectivity index (χ3v) is 6.32. The van der Waals surface area contributed by atoms with Gasteiger partial charge in [-0.1, -0.05) is 48.5 Å². The van der Waals surface area contributed by atoms with Crippen molar-refractivity contribution in [2.24, 2.45) is 0 Å². The molecule has 0 aliphatic heterocycles. The summed E-state index contributed by atoms with van der Waals surface area (Å²) in [7, 11) is 4.53. The standard InChI is InChI=1S/C33H32N2O6/c1-22-10-8-9-13-25(22)21-41-28-16-14-23(18-31(28)40-4)15-17-32(36)34-26-19-30(39-3)27(20-29(26)38-2)35-33(37)24-11-6-5-7-12-24/h5-20H,21H2,1-4H3,(H,34,36)(H,35,37)/b17-15+. The first-order valence-corrected chi connectivity index (χ1v) is 12.9. The van der Waals surface area contributed by atoms with Gasteiger partial charge in [0.2, 0.25) is 5.91 Å². The Hall–Kier alpha value is -5.24. The largest absolute Gasteiger partial charge is 0.494 e. The van der Waals surface area contributed by atoms with E-state index in [0.29, 0.717) is 46.5 Å². The number of hydrogen-bond acceptors (Lipinski definition) is 6.